The molecule has 1 aliphatic heterocycles. The summed E-state index contributed by atoms with van der Waals surface area (Å²) >= 11 is 12.6. The number of nitrogens with zero attached hydrogens (tertiary/aromatic N) is 6. The molecule has 0 aromatic carbocycles. The number of anilines is 1. The molecular weight excluding hydrogens is 522 g/mol. The zero-order valence-electron chi connectivity index (χ0n) is 21.5. The summed E-state index contributed by atoms with van der Waals surface area (Å²) in [5.74, 6) is -0.571. The fraction of sp³-hybridized carbons (Fsp3) is 0.480. The number of carbonyl (C=O) groups is 1. The van der Waals surface area contributed by atoms with E-state index in [0.717, 1.165) is 0 Å². The third-order valence-corrected chi connectivity index (χ3v) is 6.55. The zero-order chi connectivity index (χ0) is 27.2. The molecule has 37 heavy (non-hydrogen) atoms. The number of ether oxygens (including phenoxy) is 1. The molecule has 4 heterocycles. The SMILES string of the molecule is CC(C)c1nccc(Cl)c1-n1c(=O)nc(N2CCN(C(=O)OC(C)(C)C)CC2C)c2cc(F)c(Cl)nc21. The van der Waals surface area contributed by atoms with E-state index < -0.39 is 23.2 Å². The number of hydrogen-bond acceptors (Lipinski definition) is 7. The first-order valence-corrected chi connectivity index (χ1v) is 12.7. The molecule has 0 spiro atoms. The lowest BCUT2D eigenvalue weighted by atomic mass is 10.1. The number of aromatic nitrogens is 4. The molecule has 0 aliphatic carbocycles. The van der Waals surface area contributed by atoms with Gasteiger partial charge in [-0.2, -0.15) is 4.98 Å². The van der Waals surface area contributed by atoms with Crippen LogP contribution in [0.15, 0.2) is 23.1 Å². The van der Waals surface area contributed by atoms with Gasteiger partial charge >= 0.3 is 11.8 Å². The number of amides is 1. The Kier molecular flexibility index (Phi) is 7.36. The molecule has 198 valence electrons. The fourth-order valence-electron chi connectivity index (χ4n) is 4.36. The summed E-state index contributed by atoms with van der Waals surface area (Å²) in [5, 5.41) is 0.179. The van der Waals surface area contributed by atoms with Crippen molar-refractivity contribution in [1.29, 1.82) is 0 Å². The van der Waals surface area contributed by atoms with E-state index in [-0.39, 0.29) is 39.0 Å². The lowest BCUT2D eigenvalue weighted by Crippen LogP contribution is -2.55. The Morgan fingerprint density at radius 2 is 1.92 bits per heavy atom. The smallest absolute Gasteiger partial charge is 0.410 e. The van der Waals surface area contributed by atoms with Crippen molar-refractivity contribution in [1.82, 2.24) is 24.4 Å². The minimum absolute atomic E-state index is 0.0767. The highest BCUT2D eigenvalue weighted by Gasteiger charge is 2.32. The van der Waals surface area contributed by atoms with Crippen LogP contribution in [0.4, 0.5) is 15.0 Å². The van der Waals surface area contributed by atoms with Gasteiger partial charge in [-0.1, -0.05) is 37.0 Å². The lowest BCUT2D eigenvalue weighted by molar-refractivity contribution is 0.0218. The highest BCUT2D eigenvalue weighted by Crippen LogP contribution is 2.33. The molecule has 4 rings (SSSR count). The molecule has 1 aliphatic rings. The van der Waals surface area contributed by atoms with Crippen LogP contribution in [-0.4, -0.2) is 61.8 Å². The fourth-order valence-corrected chi connectivity index (χ4v) is 4.73. The third kappa shape index (κ3) is 5.36. The standard InChI is InChI=1S/C25H29Cl2FN6O3/c1-13(2)18-19(16(26)7-8-29-18)34-22-15(11-17(28)20(27)30-22)21(31-23(34)35)33-10-9-32(12-14(33)3)24(36)37-25(4,5)6/h7-8,11,13-14H,9-10,12H2,1-6H3. The van der Waals surface area contributed by atoms with Crippen LogP contribution in [0.25, 0.3) is 16.7 Å². The van der Waals surface area contributed by atoms with E-state index in [1.165, 1.54) is 10.6 Å². The predicted octanol–water partition coefficient (Wildman–Crippen LogP) is 5.19. The maximum absolute atomic E-state index is 14.7. The van der Waals surface area contributed by atoms with Gasteiger partial charge in [0.1, 0.15) is 11.4 Å². The van der Waals surface area contributed by atoms with Gasteiger partial charge in [0.15, 0.2) is 16.6 Å². The van der Waals surface area contributed by atoms with E-state index in [0.29, 0.717) is 31.0 Å². The van der Waals surface area contributed by atoms with Crippen LogP contribution < -0.4 is 10.6 Å². The van der Waals surface area contributed by atoms with Crippen molar-refractivity contribution in [2.75, 3.05) is 24.5 Å². The number of rotatable bonds is 3. The molecule has 0 N–H and O–H groups in total. The van der Waals surface area contributed by atoms with E-state index in [1.54, 1.807) is 17.2 Å². The Balaban J connectivity index is 1.85. The maximum Gasteiger partial charge on any atom is 0.410 e. The normalized spacial score (nSPS) is 16.5. The summed E-state index contributed by atoms with van der Waals surface area (Å²) in [7, 11) is 0. The first kappa shape index (κ1) is 27.1. The quantitative estimate of drug-likeness (QED) is 0.414. The van der Waals surface area contributed by atoms with Gasteiger partial charge in [0.2, 0.25) is 0 Å². The Morgan fingerprint density at radius 3 is 2.54 bits per heavy atom. The van der Waals surface area contributed by atoms with E-state index in [1.807, 2.05) is 46.4 Å². The maximum atomic E-state index is 14.7. The first-order chi connectivity index (χ1) is 17.3. The number of piperazine rings is 1. The van der Waals surface area contributed by atoms with Crippen LogP contribution in [0.2, 0.25) is 10.2 Å². The number of carbonyl (C=O) groups excluding carboxylic acids is 1. The second-order valence-electron chi connectivity index (χ2n) is 10.3. The summed E-state index contributed by atoms with van der Waals surface area (Å²) < 4.78 is 21.4. The highest BCUT2D eigenvalue weighted by molar-refractivity contribution is 6.32. The van der Waals surface area contributed by atoms with Crippen molar-refractivity contribution < 1.29 is 13.9 Å². The largest absolute Gasteiger partial charge is 0.444 e. The van der Waals surface area contributed by atoms with Crippen molar-refractivity contribution in [3.8, 4) is 5.69 Å². The van der Waals surface area contributed by atoms with Crippen molar-refractivity contribution in [3.63, 3.8) is 0 Å². The van der Waals surface area contributed by atoms with Crippen LogP contribution in [0, 0.1) is 5.82 Å². The second kappa shape index (κ2) is 10.1. The van der Waals surface area contributed by atoms with Crippen molar-refractivity contribution >= 4 is 46.1 Å². The molecule has 3 aromatic heterocycles. The third-order valence-electron chi connectivity index (χ3n) is 5.98. The molecule has 12 heteroatoms. The molecule has 1 saturated heterocycles. The summed E-state index contributed by atoms with van der Waals surface area (Å²) in [6.45, 7) is 12.2. The molecule has 0 saturated carbocycles. The summed E-state index contributed by atoms with van der Waals surface area (Å²) in [5.41, 5.74) is -0.278. The van der Waals surface area contributed by atoms with Crippen LogP contribution >= 0.6 is 23.2 Å². The number of pyridine rings is 2. The first-order valence-electron chi connectivity index (χ1n) is 12.0. The summed E-state index contributed by atoms with van der Waals surface area (Å²) in [6, 6.07) is 2.53. The molecule has 1 fully saturated rings. The van der Waals surface area contributed by atoms with E-state index in [2.05, 4.69) is 15.0 Å². The van der Waals surface area contributed by atoms with Crippen LogP contribution in [0.3, 0.4) is 0 Å². The van der Waals surface area contributed by atoms with Crippen molar-refractivity contribution in [3.05, 3.63) is 50.5 Å². The number of fused-ring (bicyclic) bond motifs is 1. The minimum atomic E-state index is -0.746. The van der Waals surface area contributed by atoms with Gasteiger partial charge in [-0.15, -0.1) is 0 Å². The summed E-state index contributed by atoms with van der Waals surface area (Å²) in [4.78, 5) is 42.6. The number of halogens is 3. The van der Waals surface area contributed by atoms with Gasteiger partial charge in [0.25, 0.3) is 0 Å². The van der Waals surface area contributed by atoms with Crippen LogP contribution in [0.1, 0.15) is 53.2 Å². The van der Waals surface area contributed by atoms with Gasteiger partial charge in [0, 0.05) is 31.9 Å². The van der Waals surface area contributed by atoms with Gasteiger partial charge < -0.3 is 14.5 Å². The summed E-state index contributed by atoms with van der Waals surface area (Å²) in [6.07, 6.45) is 1.14. The Labute approximate surface area is 224 Å². The topological polar surface area (TPSA) is 93.5 Å². The van der Waals surface area contributed by atoms with Gasteiger partial charge in [-0.3, -0.25) is 4.98 Å². The van der Waals surface area contributed by atoms with Gasteiger partial charge in [0.05, 0.1) is 21.8 Å². The van der Waals surface area contributed by atoms with Gasteiger partial charge in [-0.05, 0) is 45.7 Å². The van der Waals surface area contributed by atoms with E-state index >= 15 is 0 Å². The molecule has 1 amide bonds. The number of hydrogen-bond donors (Lipinski definition) is 0. The molecular formula is C25H29Cl2FN6O3. The second-order valence-corrected chi connectivity index (χ2v) is 11.1. The average molecular weight is 551 g/mol. The molecule has 0 radical (unpaired) electrons. The van der Waals surface area contributed by atoms with Crippen LogP contribution in [-0.2, 0) is 4.74 Å². The minimum Gasteiger partial charge on any atom is -0.444 e. The highest BCUT2D eigenvalue weighted by atomic mass is 35.5. The van der Waals surface area contributed by atoms with Crippen molar-refractivity contribution in [2.45, 2.75) is 59.1 Å². The molecule has 9 nitrogen and oxygen atoms in total. The Bertz CT molecular complexity index is 1420. The van der Waals surface area contributed by atoms with E-state index in [9.17, 15) is 14.0 Å². The zero-order valence-corrected chi connectivity index (χ0v) is 23.1. The molecule has 3 aromatic rings. The van der Waals surface area contributed by atoms with Crippen LogP contribution in [0.5, 0.6) is 0 Å². The van der Waals surface area contributed by atoms with Crippen molar-refractivity contribution in [2.24, 2.45) is 0 Å². The molecule has 1 atom stereocenters. The average Bonchev–Trinajstić information content (AvgIpc) is 2.79. The predicted molar refractivity (Wildman–Crippen MR) is 142 cm³/mol. The molecule has 1 unspecified atom stereocenters. The monoisotopic (exact) mass is 550 g/mol. The van der Waals surface area contributed by atoms with Gasteiger partial charge in [-0.25, -0.2) is 23.5 Å². The Hall–Kier alpha value is -2.98. The van der Waals surface area contributed by atoms with E-state index in [4.69, 9.17) is 27.9 Å². The lowest BCUT2D eigenvalue weighted by Gasteiger charge is -2.41. The Morgan fingerprint density at radius 1 is 1.22 bits per heavy atom. The molecule has 0 bridgehead atoms.